The summed E-state index contributed by atoms with van der Waals surface area (Å²) in [7, 11) is 0. The molecule has 0 N–H and O–H groups in total. The average Bonchev–Trinajstić information content (AvgIpc) is 2.09. The molecule has 0 aliphatic carbocycles. The van der Waals surface area contributed by atoms with E-state index in [9.17, 15) is 68.4 Å². The highest BCUT2D eigenvalue weighted by Gasteiger charge is 2.26. The molecular formula is C72H26N16. The van der Waals surface area contributed by atoms with E-state index in [0.29, 0.717) is 99.6 Å². The molecule has 0 aliphatic rings. The number of fused-ring (bicyclic) bond motifs is 6. The van der Waals surface area contributed by atoms with Crippen LogP contribution in [0.3, 0.4) is 0 Å². The molecule has 0 saturated heterocycles. The van der Waals surface area contributed by atoms with Crippen molar-refractivity contribution in [2.45, 2.75) is 0 Å². The third-order valence-corrected chi connectivity index (χ3v) is 15.4. The molecule has 12 aromatic rings. The van der Waals surface area contributed by atoms with Gasteiger partial charge in [-0.05, 0) is 150 Å². The Morgan fingerprint density at radius 2 is 0.545 bits per heavy atom. The molecular weight excluding hydrogens is 1090 g/mol. The zero-order valence-electron chi connectivity index (χ0n) is 45.2. The van der Waals surface area contributed by atoms with Crippen LogP contribution in [-0.2, 0) is 0 Å². The van der Waals surface area contributed by atoms with Gasteiger partial charge in [0.15, 0.2) is 0 Å². The zero-order valence-corrected chi connectivity index (χ0v) is 45.2. The molecule has 394 valence electrons. The monoisotopic (exact) mass is 1110 g/mol. The van der Waals surface area contributed by atoms with Gasteiger partial charge in [-0.2, -0.15) is 68.4 Å². The van der Waals surface area contributed by atoms with Crippen LogP contribution in [0.25, 0.3) is 111 Å². The second-order valence-electron chi connectivity index (χ2n) is 19.9. The van der Waals surface area contributed by atoms with Crippen LogP contribution in [-0.4, -0.2) is 14.1 Å². The Labute approximate surface area is 499 Å². The fourth-order valence-electron chi connectivity index (χ4n) is 11.7. The molecule has 3 aromatic heterocycles. The van der Waals surface area contributed by atoms with E-state index in [0.717, 1.165) is 0 Å². The summed E-state index contributed by atoms with van der Waals surface area (Å²) < 4.78 is 3.93. The van der Waals surface area contributed by atoms with Crippen molar-refractivity contribution in [2.24, 2.45) is 0 Å². The van der Waals surface area contributed by atoms with Crippen molar-refractivity contribution in [3.05, 3.63) is 230 Å². The molecule has 16 nitrogen and oxygen atoms in total. The number of hydrogen-bond donors (Lipinski definition) is 0. The van der Waals surface area contributed by atoms with Gasteiger partial charge in [-0.1, -0.05) is 24.3 Å². The number of benzene rings is 9. The van der Waals surface area contributed by atoms with Crippen LogP contribution in [0.5, 0.6) is 0 Å². The normalized spacial score (nSPS) is 10.4. The van der Waals surface area contributed by atoms with E-state index < -0.39 is 0 Å². The number of pyridine rings is 1. The lowest BCUT2D eigenvalue weighted by molar-refractivity contribution is 1.13. The molecule has 88 heavy (non-hydrogen) atoms. The van der Waals surface area contributed by atoms with E-state index in [2.05, 4.69) is 54.6 Å². The van der Waals surface area contributed by atoms with Gasteiger partial charge < -0.3 is 9.13 Å². The lowest BCUT2D eigenvalue weighted by Crippen LogP contribution is -2.03. The molecule has 3 heterocycles. The fourth-order valence-corrected chi connectivity index (χ4v) is 11.7. The minimum absolute atomic E-state index is 0.0880. The lowest BCUT2D eigenvalue weighted by atomic mass is 9.91. The van der Waals surface area contributed by atoms with Crippen LogP contribution in [0.15, 0.2) is 158 Å². The Morgan fingerprint density at radius 3 is 0.818 bits per heavy atom. The predicted molar refractivity (Wildman–Crippen MR) is 321 cm³/mol. The van der Waals surface area contributed by atoms with Crippen LogP contribution < -0.4 is 0 Å². The number of rotatable bonds is 7. The minimum Gasteiger partial charge on any atom is -0.309 e. The van der Waals surface area contributed by atoms with E-state index in [1.165, 1.54) is 48.5 Å². The molecule has 16 heteroatoms. The molecule has 0 unspecified atom stereocenters. The molecule has 0 atom stereocenters. The SMILES string of the molecule is N#Cc1cc(C#N)c(-c2ccc3c(c2)c2cc(-c4c(C#N)cc(C#N)cc4C#N)ccc2n3-c2ccc(C#N)cc2-c2ncccc2-n2c3ccc(-c4c(C#N)cc(C#N)cc4C#N)cc3c3cc(-c4c(C#N)cc(C#N)cc4C#N)ccc32)c(C#N)c1. The van der Waals surface area contributed by atoms with E-state index >= 15 is 0 Å². The zero-order chi connectivity index (χ0) is 61.5. The Hall–Kier alpha value is -14.9. The summed E-state index contributed by atoms with van der Waals surface area (Å²) in [6.07, 6.45) is 1.61. The van der Waals surface area contributed by atoms with Gasteiger partial charge in [-0.25, -0.2) is 0 Å². The van der Waals surface area contributed by atoms with Crippen LogP contribution in [0.1, 0.15) is 72.3 Å². The average molecular weight is 1120 g/mol. The first kappa shape index (κ1) is 53.7. The maximum absolute atomic E-state index is 10.7. The maximum Gasteiger partial charge on any atom is 0.0999 e. The van der Waals surface area contributed by atoms with Crippen LogP contribution in [0, 0.1) is 147 Å². The van der Waals surface area contributed by atoms with Gasteiger partial charge in [0, 0.05) is 55.6 Å². The van der Waals surface area contributed by atoms with Crippen LogP contribution in [0.4, 0.5) is 0 Å². The second kappa shape index (κ2) is 21.5. The third kappa shape index (κ3) is 8.47. The predicted octanol–water partition coefficient (Wildman–Crippen LogP) is 13.9. The van der Waals surface area contributed by atoms with Crippen molar-refractivity contribution in [1.29, 1.82) is 68.4 Å². The number of nitrogens with zero attached hydrogens (tertiary/aromatic N) is 16. The highest BCUT2D eigenvalue weighted by Crippen LogP contribution is 2.45. The molecule has 9 aromatic carbocycles. The first-order valence-corrected chi connectivity index (χ1v) is 26.2. The summed E-state index contributed by atoms with van der Waals surface area (Å²) in [5, 5.41) is 136. The quantitative estimate of drug-likeness (QED) is 0.143. The highest BCUT2D eigenvalue weighted by molar-refractivity contribution is 6.14. The third-order valence-electron chi connectivity index (χ3n) is 15.4. The molecule has 0 fully saturated rings. The molecule has 0 radical (unpaired) electrons. The van der Waals surface area contributed by atoms with E-state index in [1.54, 1.807) is 54.7 Å². The van der Waals surface area contributed by atoms with Crippen LogP contribution >= 0.6 is 0 Å². The number of nitriles is 13. The first-order chi connectivity index (χ1) is 43.0. The Balaban J connectivity index is 1.16. The Kier molecular flexibility index (Phi) is 13.1. The summed E-state index contributed by atoms with van der Waals surface area (Å²) >= 11 is 0. The number of aromatic nitrogens is 3. The van der Waals surface area contributed by atoms with Crippen molar-refractivity contribution in [3.63, 3.8) is 0 Å². The summed E-state index contributed by atoms with van der Waals surface area (Å²) in [5.41, 5.74) is 8.76. The van der Waals surface area contributed by atoms with E-state index in [-0.39, 0.29) is 83.5 Å². The Bertz CT molecular complexity index is 5380. The molecule has 0 amide bonds. The summed E-state index contributed by atoms with van der Waals surface area (Å²) in [6.45, 7) is 0. The highest BCUT2D eigenvalue weighted by atomic mass is 15.0. The van der Waals surface area contributed by atoms with Gasteiger partial charge in [0.05, 0.1) is 190 Å². The van der Waals surface area contributed by atoms with Crippen LogP contribution in [0.2, 0.25) is 0 Å². The molecule has 0 spiro atoms. The summed E-state index contributed by atoms with van der Waals surface area (Å²) in [6, 6.07) is 69.3. The van der Waals surface area contributed by atoms with Gasteiger partial charge in [-0.15, -0.1) is 0 Å². The van der Waals surface area contributed by atoms with Gasteiger partial charge in [0.2, 0.25) is 0 Å². The topological polar surface area (TPSA) is 332 Å². The summed E-state index contributed by atoms with van der Waals surface area (Å²) in [5.74, 6) is 0. The molecule has 0 saturated carbocycles. The number of hydrogen-bond acceptors (Lipinski definition) is 14. The molecule has 0 bridgehead atoms. The van der Waals surface area contributed by atoms with Gasteiger partial charge >= 0.3 is 0 Å². The fraction of sp³-hybridized carbons (Fsp3) is 0. The standard InChI is InChI=1S/C72H26N16/c73-27-40-3-8-66(87-62-9-4-45(68-49(32-78)14-41(28-74)15-50(68)33-79)23-57(62)58-24-46(5-10-63(58)87)69-51(34-80)16-42(29-75)17-52(69)35-81)61(22-40)72-67(2-1-13-86-72)88-64-11-6-47(70-53(36-82)18-43(30-76)19-54(70)37-83)25-59(64)60-26-48(7-12-65(60)88)71-55(38-84)20-44(31-77)21-56(71)39-85/h1-26H. The van der Waals surface area contributed by atoms with Crippen molar-refractivity contribution in [1.82, 2.24) is 14.1 Å². The van der Waals surface area contributed by atoms with E-state index in [4.69, 9.17) is 4.98 Å². The van der Waals surface area contributed by atoms with Crippen molar-refractivity contribution < 1.29 is 0 Å². The largest absolute Gasteiger partial charge is 0.309 e. The van der Waals surface area contributed by atoms with Crippen molar-refractivity contribution in [2.75, 3.05) is 0 Å². The smallest absolute Gasteiger partial charge is 0.0999 e. The molecule has 12 rings (SSSR count). The maximum atomic E-state index is 10.7. The van der Waals surface area contributed by atoms with Gasteiger partial charge in [0.1, 0.15) is 0 Å². The van der Waals surface area contributed by atoms with Crippen molar-refractivity contribution in [3.8, 4) is 146 Å². The van der Waals surface area contributed by atoms with Gasteiger partial charge in [0.25, 0.3) is 0 Å². The first-order valence-electron chi connectivity index (χ1n) is 26.2. The lowest BCUT2D eigenvalue weighted by Gasteiger charge is -2.18. The second-order valence-corrected chi connectivity index (χ2v) is 19.9. The summed E-state index contributed by atoms with van der Waals surface area (Å²) in [4.78, 5) is 5.08. The molecule has 0 aliphatic heterocycles. The van der Waals surface area contributed by atoms with E-state index in [1.807, 2.05) is 88.0 Å². The van der Waals surface area contributed by atoms with Gasteiger partial charge in [-0.3, -0.25) is 4.98 Å². The van der Waals surface area contributed by atoms with Crippen molar-refractivity contribution >= 4 is 43.6 Å². The minimum atomic E-state index is 0.0880. The Morgan fingerprint density at radius 1 is 0.261 bits per heavy atom.